The van der Waals surface area contributed by atoms with Gasteiger partial charge in [0.05, 0.1) is 0 Å². The monoisotopic (exact) mass is 192 g/mol. The number of hydrogen-bond acceptors (Lipinski definition) is 2. The van der Waals surface area contributed by atoms with E-state index in [0.717, 1.165) is 19.0 Å². The fourth-order valence-electron chi connectivity index (χ4n) is 1.34. The van der Waals surface area contributed by atoms with Crippen molar-refractivity contribution < 1.29 is 0 Å². The molecule has 0 atom stereocenters. The van der Waals surface area contributed by atoms with Gasteiger partial charge in [-0.3, -0.25) is 4.98 Å². The maximum absolute atomic E-state index is 4.16. The van der Waals surface area contributed by atoms with E-state index in [1.54, 1.807) is 0 Å². The van der Waals surface area contributed by atoms with Gasteiger partial charge in [0.25, 0.3) is 0 Å². The summed E-state index contributed by atoms with van der Waals surface area (Å²) in [5.74, 6) is 0.776. The first-order chi connectivity index (χ1) is 6.68. The number of aromatic nitrogens is 1. The van der Waals surface area contributed by atoms with Gasteiger partial charge < -0.3 is 5.32 Å². The molecule has 0 saturated heterocycles. The molecule has 0 saturated carbocycles. The van der Waals surface area contributed by atoms with Crippen LogP contribution in [0.15, 0.2) is 18.5 Å². The van der Waals surface area contributed by atoms with Crippen molar-refractivity contribution in [1.82, 2.24) is 10.3 Å². The van der Waals surface area contributed by atoms with E-state index in [9.17, 15) is 0 Å². The fourth-order valence-corrected chi connectivity index (χ4v) is 1.34. The lowest BCUT2D eigenvalue weighted by Crippen LogP contribution is -2.16. The van der Waals surface area contributed by atoms with Crippen molar-refractivity contribution in [2.24, 2.45) is 5.92 Å². The largest absolute Gasteiger partial charge is 0.313 e. The molecule has 1 N–H and O–H groups in total. The number of rotatable bonds is 5. The minimum atomic E-state index is 0.776. The highest BCUT2D eigenvalue weighted by atomic mass is 14.8. The Kier molecular flexibility index (Phi) is 4.60. The minimum Gasteiger partial charge on any atom is -0.313 e. The summed E-state index contributed by atoms with van der Waals surface area (Å²) < 4.78 is 0. The molecule has 0 aromatic carbocycles. The van der Waals surface area contributed by atoms with Gasteiger partial charge in [0.2, 0.25) is 0 Å². The second kappa shape index (κ2) is 5.76. The molecule has 1 aromatic heterocycles. The molecule has 0 unspecified atom stereocenters. The van der Waals surface area contributed by atoms with Crippen molar-refractivity contribution >= 4 is 0 Å². The third-order valence-electron chi connectivity index (χ3n) is 2.16. The third kappa shape index (κ3) is 4.38. The second-order valence-corrected chi connectivity index (χ2v) is 4.23. The molecule has 1 aromatic rings. The molecule has 1 rings (SSSR count). The van der Waals surface area contributed by atoms with Crippen LogP contribution >= 0.6 is 0 Å². The molecular formula is C12H20N2. The van der Waals surface area contributed by atoms with Crippen LogP contribution in [0.3, 0.4) is 0 Å². The molecule has 0 spiro atoms. The molecule has 0 fully saturated rings. The molecule has 0 amide bonds. The van der Waals surface area contributed by atoms with Gasteiger partial charge in [0, 0.05) is 18.9 Å². The van der Waals surface area contributed by atoms with Crippen LogP contribution in [0.25, 0.3) is 0 Å². The Morgan fingerprint density at radius 1 is 1.36 bits per heavy atom. The van der Waals surface area contributed by atoms with Gasteiger partial charge in [-0.2, -0.15) is 0 Å². The Balaban J connectivity index is 2.25. The highest BCUT2D eigenvalue weighted by Gasteiger charge is 1.95. The molecule has 0 aliphatic rings. The molecule has 78 valence electrons. The zero-order valence-corrected chi connectivity index (χ0v) is 9.38. The van der Waals surface area contributed by atoms with E-state index < -0.39 is 0 Å². The Morgan fingerprint density at radius 3 is 2.79 bits per heavy atom. The maximum Gasteiger partial charge on any atom is 0.0313 e. The topological polar surface area (TPSA) is 24.9 Å². The van der Waals surface area contributed by atoms with Crippen LogP contribution in [-0.2, 0) is 6.54 Å². The predicted octanol–water partition coefficient (Wildman–Crippen LogP) is 2.53. The lowest BCUT2D eigenvalue weighted by molar-refractivity contribution is 0.537. The quantitative estimate of drug-likeness (QED) is 0.725. The summed E-state index contributed by atoms with van der Waals surface area (Å²) >= 11 is 0. The Bertz CT molecular complexity index is 269. The molecule has 0 radical (unpaired) electrons. The van der Waals surface area contributed by atoms with Gasteiger partial charge in [0.1, 0.15) is 0 Å². The van der Waals surface area contributed by atoms with Crippen LogP contribution in [0.1, 0.15) is 31.4 Å². The Morgan fingerprint density at radius 2 is 2.14 bits per heavy atom. The summed E-state index contributed by atoms with van der Waals surface area (Å²) in [7, 11) is 0. The lowest BCUT2D eigenvalue weighted by Gasteiger charge is -2.06. The first-order valence-electron chi connectivity index (χ1n) is 5.29. The summed E-state index contributed by atoms with van der Waals surface area (Å²) in [5, 5.41) is 3.42. The molecule has 2 nitrogen and oxygen atoms in total. The van der Waals surface area contributed by atoms with Crippen LogP contribution in [0, 0.1) is 12.8 Å². The summed E-state index contributed by atoms with van der Waals surface area (Å²) in [4.78, 5) is 4.16. The van der Waals surface area contributed by atoms with Crippen LogP contribution in [0.4, 0.5) is 0 Å². The van der Waals surface area contributed by atoms with Crippen molar-refractivity contribution in [1.29, 1.82) is 0 Å². The van der Waals surface area contributed by atoms with Crippen LogP contribution < -0.4 is 5.32 Å². The Hall–Kier alpha value is -0.890. The van der Waals surface area contributed by atoms with Gasteiger partial charge >= 0.3 is 0 Å². The first kappa shape index (κ1) is 11.2. The molecule has 0 aliphatic heterocycles. The second-order valence-electron chi connectivity index (χ2n) is 4.23. The van der Waals surface area contributed by atoms with Crippen molar-refractivity contribution in [2.75, 3.05) is 6.54 Å². The third-order valence-corrected chi connectivity index (χ3v) is 2.16. The van der Waals surface area contributed by atoms with Gasteiger partial charge in [-0.05, 0) is 36.9 Å². The van der Waals surface area contributed by atoms with E-state index in [2.05, 4.69) is 37.1 Å². The highest BCUT2D eigenvalue weighted by Crippen LogP contribution is 2.01. The average molecular weight is 192 g/mol. The SMILES string of the molecule is Cc1cncc(CNCCC(C)C)c1. The van der Waals surface area contributed by atoms with Crippen LogP contribution in [0.5, 0.6) is 0 Å². The average Bonchev–Trinajstić information content (AvgIpc) is 2.12. The van der Waals surface area contributed by atoms with Gasteiger partial charge in [-0.1, -0.05) is 19.9 Å². The molecule has 1 heterocycles. The summed E-state index contributed by atoms with van der Waals surface area (Å²) in [6.45, 7) is 8.59. The lowest BCUT2D eigenvalue weighted by atomic mass is 10.1. The van der Waals surface area contributed by atoms with Crippen LogP contribution in [-0.4, -0.2) is 11.5 Å². The van der Waals surface area contributed by atoms with Crippen molar-refractivity contribution in [3.63, 3.8) is 0 Å². The highest BCUT2D eigenvalue weighted by molar-refractivity contribution is 5.16. The predicted molar refractivity (Wildman–Crippen MR) is 60.1 cm³/mol. The zero-order chi connectivity index (χ0) is 10.4. The van der Waals surface area contributed by atoms with E-state index in [1.165, 1.54) is 17.5 Å². The standard InChI is InChI=1S/C12H20N2/c1-10(2)4-5-13-8-12-6-11(3)7-14-9-12/h6-7,9-10,13H,4-5,8H2,1-3H3. The number of nitrogens with one attached hydrogen (secondary N) is 1. The van der Waals surface area contributed by atoms with E-state index >= 15 is 0 Å². The smallest absolute Gasteiger partial charge is 0.0313 e. The van der Waals surface area contributed by atoms with E-state index in [-0.39, 0.29) is 0 Å². The van der Waals surface area contributed by atoms with Gasteiger partial charge in [-0.15, -0.1) is 0 Å². The zero-order valence-electron chi connectivity index (χ0n) is 9.38. The number of nitrogens with zero attached hydrogens (tertiary/aromatic N) is 1. The molecule has 2 heteroatoms. The van der Waals surface area contributed by atoms with Crippen molar-refractivity contribution in [3.05, 3.63) is 29.6 Å². The number of pyridine rings is 1. The molecule has 0 aliphatic carbocycles. The number of aryl methyl sites for hydroxylation is 1. The van der Waals surface area contributed by atoms with E-state index in [0.29, 0.717) is 0 Å². The van der Waals surface area contributed by atoms with Gasteiger partial charge in [-0.25, -0.2) is 0 Å². The van der Waals surface area contributed by atoms with Crippen molar-refractivity contribution in [3.8, 4) is 0 Å². The molecule has 14 heavy (non-hydrogen) atoms. The fraction of sp³-hybridized carbons (Fsp3) is 0.583. The van der Waals surface area contributed by atoms with Crippen LogP contribution in [0.2, 0.25) is 0 Å². The van der Waals surface area contributed by atoms with Crippen molar-refractivity contribution in [2.45, 2.75) is 33.7 Å². The summed E-state index contributed by atoms with van der Waals surface area (Å²) in [5.41, 5.74) is 2.50. The van der Waals surface area contributed by atoms with E-state index in [1.807, 2.05) is 12.4 Å². The first-order valence-corrected chi connectivity index (χ1v) is 5.29. The summed E-state index contributed by atoms with van der Waals surface area (Å²) in [6.07, 6.45) is 5.05. The van der Waals surface area contributed by atoms with E-state index in [4.69, 9.17) is 0 Å². The summed E-state index contributed by atoms with van der Waals surface area (Å²) in [6, 6.07) is 2.18. The molecular weight excluding hydrogens is 172 g/mol. The normalized spacial score (nSPS) is 10.9. The minimum absolute atomic E-state index is 0.776. The Labute approximate surface area is 86.8 Å². The number of hydrogen-bond donors (Lipinski definition) is 1. The van der Waals surface area contributed by atoms with Gasteiger partial charge in [0.15, 0.2) is 0 Å². The molecule has 0 bridgehead atoms. The maximum atomic E-state index is 4.16.